The van der Waals surface area contributed by atoms with Gasteiger partial charge in [-0.2, -0.15) is 8.42 Å². The third-order valence-corrected chi connectivity index (χ3v) is 4.57. The number of rotatable bonds is 2. The van der Waals surface area contributed by atoms with Crippen molar-refractivity contribution < 1.29 is 13.2 Å². The van der Waals surface area contributed by atoms with Crippen LogP contribution in [-0.4, -0.2) is 31.4 Å². The third kappa shape index (κ3) is 3.25. The van der Waals surface area contributed by atoms with Crippen molar-refractivity contribution in [2.24, 2.45) is 4.40 Å². The van der Waals surface area contributed by atoms with Gasteiger partial charge >= 0.3 is 10.2 Å². The number of carbonyl (C=O) groups excluding carboxylic acids is 1. The van der Waals surface area contributed by atoms with Crippen molar-refractivity contribution in [2.75, 3.05) is 12.4 Å². The molecule has 0 spiro atoms. The van der Waals surface area contributed by atoms with Crippen molar-refractivity contribution in [1.82, 2.24) is 4.31 Å². The minimum atomic E-state index is -3.72. The first kappa shape index (κ1) is 15.5. The second-order valence-electron chi connectivity index (χ2n) is 4.63. The maximum Gasteiger partial charge on any atom is 0.344 e. The number of halogens is 1. The quantitative estimate of drug-likeness (QED) is 0.903. The molecule has 1 N–H and O–H groups in total. The van der Waals surface area contributed by atoms with Gasteiger partial charge in [-0.15, -0.1) is 4.40 Å². The number of aryl methyl sites for hydroxylation is 1. The highest BCUT2D eigenvalue weighted by Crippen LogP contribution is 2.21. The zero-order chi connectivity index (χ0) is 15.8. The SMILES string of the molecule is CC1=NS(=O)(=O)N(C)C=C1C(=O)Nc1ccc(Cl)cc1C. The number of benzene rings is 1. The predicted molar refractivity (Wildman–Crippen MR) is 82.7 cm³/mol. The molecule has 112 valence electrons. The van der Waals surface area contributed by atoms with Gasteiger partial charge in [-0.1, -0.05) is 11.6 Å². The average Bonchev–Trinajstić information content (AvgIpc) is 2.36. The largest absolute Gasteiger partial charge is 0.344 e. The first-order valence-corrected chi connectivity index (χ1v) is 7.82. The molecule has 1 aliphatic heterocycles. The van der Waals surface area contributed by atoms with Crippen LogP contribution in [0.1, 0.15) is 12.5 Å². The van der Waals surface area contributed by atoms with E-state index in [0.29, 0.717) is 10.7 Å². The molecule has 1 aromatic carbocycles. The lowest BCUT2D eigenvalue weighted by atomic mass is 10.1. The summed E-state index contributed by atoms with van der Waals surface area (Å²) in [5.41, 5.74) is 1.76. The summed E-state index contributed by atoms with van der Waals surface area (Å²) in [6.07, 6.45) is 1.25. The summed E-state index contributed by atoms with van der Waals surface area (Å²) >= 11 is 5.86. The Bertz CT molecular complexity index is 769. The van der Waals surface area contributed by atoms with Crippen LogP contribution in [0.4, 0.5) is 5.69 Å². The fourth-order valence-electron chi connectivity index (χ4n) is 1.81. The Morgan fingerprint density at radius 3 is 2.62 bits per heavy atom. The van der Waals surface area contributed by atoms with E-state index >= 15 is 0 Å². The van der Waals surface area contributed by atoms with Gasteiger partial charge in [-0.25, -0.2) is 0 Å². The maximum absolute atomic E-state index is 12.3. The Hall–Kier alpha value is -1.86. The minimum absolute atomic E-state index is 0.150. The summed E-state index contributed by atoms with van der Waals surface area (Å²) in [5.74, 6) is -0.427. The highest BCUT2D eigenvalue weighted by molar-refractivity contribution is 7.88. The van der Waals surface area contributed by atoms with Gasteiger partial charge in [0.05, 0.1) is 11.3 Å². The molecule has 0 bridgehead atoms. The Morgan fingerprint density at radius 2 is 2.00 bits per heavy atom. The molecule has 1 heterocycles. The molecule has 0 aromatic heterocycles. The van der Waals surface area contributed by atoms with Gasteiger partial charge in [0.25, 0.3) is 5.91 Å². The molecule has 2 rings (SSSR count). The van der Waals surface area contributed by atoms with Gasteiger partial charge in [0.2, 0.25) is 0 Å². The number of nitrogens with one attached hydrogen (secondary N) is 1. The van der Waals surface area contributed by atoms with Gasteiger partial charge in [0.15, 0.2) is 0 Å². The van der Waals surface area contributed by atoms with E-state index in [2.05, 4.69) is 9.71 Å². The average molecular weight is 328 g/mol. The number of hydrogen-bond acceptors (Lipinski definition) is 3. The molecule has 1 aromatic rings. The minimum Gasteiger partial charge on any atom is -0.322 e. The van der Waals surface area contributed by atoms with Crippen LogP contribution in [0.5, 0.6) is 0 Å². The summed E-state index contributed by atoms with van der Waals surface area (Å²) in [6, 6.07) is 5.08. The first-order chi connectivity index (χ1) is 9.70. The Labute approximate surface area is 128 Å². The third-order valence-electron chi connectivity index (χ3n) is 3.00. The normalized spacial score (nSPS) is 17.0. The van der Waals surface area contributed by atoms with Gasteiger partial charge < -0.3 is 5.32 Å². The van der Waals surface area contributed by atoms with E-state index in [-0.39, 0.29) is 11.3 Å². The molecule has 21 heavy (non-hydrogen) atoms. The summed E-state index contributed by atoms with van der Waals surface area (Å²) in [6.45, 7) is 3.29. The maximum atomic E-state index is 12.3. The van der Waals surface area contributed by atoms with Crippen LogP contribution in [0.15, 0.2) is 34.4 Å². The summed E-state index contributed by atoms with van der Waals surface area (Å²) in [5, 5.41) is 3.29. The van der Waals surface area contributed by atoms with E-state index in [9.17, 15) is 13.2 Å². The molecule has 8 heteroatoms. The molecule has 0 aliphatic carbocycles. The smallest absolute Gasteiger partial charge is 0.322 e. The van der Waals surface area contributed by atoms with Crippen LogP contribution in [0.25, 0.3) is 0 Å². The lowest BCUT2D eigenvalue weighted by Crippen LogP contribution is -2.30. The molecule has 0 saturated heterocycles. The van der Waals surface area contributed by atoms with Crippen LogP contribution in [0, 0.1) is 6.92 Å². The number of anilines is 1. The van der Waals surface area contributed by atoms with E-state index in [1.54, 1.807) is 18.2 Å². The van der Waals surface area contributed by atoms with Crippen molar-refractivity contribution in [2.45, 2.75) is 13.8 Å². The van der Waals surface area contributed by atoms with E-state index in [1.165, 1.54) is 20.2 Å². The second-order valence-corrected chi connectivity index (χ2v) is 6.72. The van der Waals surface area contributed by atoms with Crippen molar-refractivity contribution in [3.05, 3.63) is 40.6 Å². The molecule has 0 atom stereocenters. The summed E-state index contributed by atoms with van der Waals surface area (Å²) < 4.78 is 27.6. The van der Waals surface area contributed by atoms with Crippen molar-refractivity contribution in [1.29, 1.82) is 0 Å². The topological polar surface area (TPSA) is 78.8 Å². The van der Waals surface area contributed by atoms with E-state index in [4.69, 9.17) is 11.6 Å². The highest BCUT2D eigenvalue weighted by atomic mass is 35.5. The zero-order valence-corrected chi connectivity index (χ0v) is 13.3. The predicted octanol–water partition coefficient (Wildman–Crippen LogP) is 2.12. The first-order valence-electron chi connectivity index (χ1n) is 6.05. The van der Waals surface area contributed by atoms with Gasteiger partial charge in [-0.05, 0) is 37.6 Å². The molecule has 0 radical (unpaired) electrons. The van der Waals surface area contributed by atoms with Gasteiger partial charge in [0, 0.05) is 24.0 Å². The fraction of sp³-hybridized carbons (Fsp3) is 0.231. The number of carbonyl (C=O) groups is 1. The van der Waals surface area contributed by atoms with Crippen molar-refractivity contribution in [3.63, 3.8) is 0 Å². The van der Waals surface area contributed by atoms with Crippen molar-refractivity contribution in [3.8, 4) is 0 Å². The van der Waals surface area contributed by atoms with E-state index in [0.717, 1.165) is 9.87 Å². The van der Waals surface area contributed by atoms with Crippen LogP contribution in [0.2, 0.25) is 5.02 Å². The standard InChI is InChI=1S/C13H14ClN3O3S/c1-8-6-10(14)4-5-12(8)15-13(18)11-7-17(3)21(19,20)16-9(11)2/h4-7H,1-3H3,(H,15,18). The van der Waals surface area contributed by atoms with Gasteiger partial charge in [0.1, 0.15) is 0 Å². The van der Waals surface area contributed by atoms with Gasteiger partial charge in [-0.3, -0.25) is 9.10 Å². The highest BCUT2D eigenvalue weighted by Gasteiger charge is 2.25. The van der Waals surface area contributed by atoms with E-state index < -0.39 is 16.1 Å². The molecule has 0 unspecified atom stereocenters. The molecule has 1 amide bonds. The lowest BCUT2D eigenvalue weighted by molar-refractivity contribution is -0.112. The molecule has 6 nitrogen and oxygen atoms in total. The number of nitrogens with zero attached hydrogens (tertiary/aromatic N) is 2. The molecule has 1 aliphatic rings. The number of amides is 1. The van der Waals surface area contributed by atoms with Crippen LogP contribution >= 0.6 is 11.6 Å². The molecular formula is C13H14ClN3O3S. The molecular weight excluding hydrogens is 314 g/mol. The van der Waals surface area contributed by atoms with Crippen LogP contribution in [0.3, 0.4) is 0 Å². The van der Waals surface area contributed by atoms with Crippen LogP contribution in [-0.2, 0) is 15.0 Å². The molecule has 0 fully saturated rings. The Balaban J connectivity index is 2.27. The monoisotopic (exact) mass is 327 g/mol. The zero-order valence-electron chi connectivity index (χ0n) is 11.7. The Morgan fingerprint density at radius 1 is 1.33 bits per heavy atom. The van der Waals surface area contributed by atoms with Crippen LogP contribution < -0.4 is 5.32 Å². The summed E-state index contributed by atoms with van der Waals surface area (Å²) in [7, 11) is -2.39. The fourth-order valence-corrected chi connectivity index (χ4v) is 2.85. The van der Waals surface area contributed by atoms with Crippen molar-refractivity contribution >= 4 is 39.1 Å². The molecule has 0 saturated carbocycles. The lowest BCUT2D eigenvalue weighted by Gasteiger charge is -2.20. The second kappa shape index (κ2) is 5.50. The Kier molecular flexibility index (Phi) is 4.06. The number of hydrogen-bond donors (Lipinski definition) is 1. The summed E-state index contributed by atoms with van der Waals surface area (Å²) in [4.78, 5) is 12.3. The van der Waals surface area contributed by atoms with E-state index in [1.807, 2.05) is 6.92 Å².